The van der Waals surface area contributed by atoms with E-state index in [1.165, 1.54) is 5.56 Å². The van der Waals surface area contributed by atoms with Crippen LogP contribution in [0.25, 0.3) is 0 Å². The number of rotatable bonds is 7. The van der Waals surface area contributed by atoms with Gasteiger partial charge in [-0.15, -0.1) is 0 Å². The van der Waals surface area contributed by atoms with E-state index in [1.807, 2.05) is 0 Å². The minimum absolute atomic E-state index is 0.319. The third-order valence-corrected chi connectivity index (χ3v) is 3.67. The zero-order chi connectivity index (χ0) is 15.1. The lowest BCUT2D eigenvalue weighted by atomic mass is 10.2. The number of nitrogens with zero attached hydrogens (tertiary/aromatic N) is 1. The van der Waals surface area contributed by atoms with Gasteiger partial charge in [-0.1, -0.05) is 19.1 Å². The quantitative estimate of drug-likeness (QED) is 0.836. The van der Waals surface area contributed by atoms with Gasteiger partial charge in [0.15, 0.2) is 0 Å². The van der Waals surface area contributed by atoms with Gasteiger partial charge in [0.1, 0.15) is 12.4 Å². The smallest absolute Gasteiger partial charge is 0.119 e. The minimum Gasteiger partial charge on any atom is -0.492 e. The Labute approximate surface area is 128 Å². The first kappa shape index (κ1) is 16.3. The van der Waals surface area contributed by atoms with E-state index in [0.29, 0.717) is 12.2 Å². The molecule has 21 heavy (non-hydrogen) atoms. The molecule has 0 aliphatic carbocycles. The molecule has 2 atom stereocenters. The van der Waals surface area contributed by atoms with Crippen LogP contribution in [0.15, 0.2) is 24.3 Å². The number of ether oxygens (including phenoxy) is 2. The van der Waals surface area contributed by atoms with Gasteiger partial charge in [-0.05, 0) is 38.1 Å². The second kappa shape index (κ2) is 8.37. The first-order valence-corrected chi connectivity index (χ1v) is 7.97. The fourth-order valence-corrected chi connectivity index (χ4v) is 2.73. The molecule has 0 aromatic heterocycles. The van der Waals surface area contributed by atoms with Crippen LogP contribution in [0, 0.1) is 0 Å². The summed E-state index contributed by atoms with van der Waals surface area (Å²) in [5, 5.41) is 3.32. The summed E-state index contributed by atoms with van der Waals surface area (Å²) in [5.41, 5.74) is 1.29. The summed E-state index contributed by atoms with van der Waals surface area (Å²) >= 11 is 0. The molecule has 0 radical (unpaired) electrons. The van der Waals surface area contributed by atoms with Crippen molar-refractivity contribution < 1.29 is 9.47 Å². The first-order chi connectivity index (χ1) is 10.2. The molecule has 1 aliphatic rings. The van der Waals surface area contributed by atoms with E-state index in [0.717, 1.165) is 45.1 Å². The molecule has 0 spiro atoms. The van der Waals surface area contributed by atoms with Crippen LogP contribution in [0.1, 0.15) is 26.3 Å². The molecule has 1 fully saturated rings. The molecule has 0 amide bonds. The Balaban J connectivity index is 1.70. The van der Waals surface area contributed by atoms with Crippen LogP contribution in [0.2, 0.25) is 0 Å². The molecule has 118 valence electrons. The van der Waals surface area contributed by atoms with E-state index in [9.17, 15) is 0 Å². The van der Waals surface area contributed by atoms with Gasteiger partial charge in [-0.25, -0.2) is 0 Å². The van der Waals surface area contributed by atoms with E-state index in [4.69, 9.17) is 9.47 Å². The minimum atomic E-state index is 0.319. The standard InChI is InChI=1S/C17H28N2O2/c1-4-18-11-16-5-7-17(8-6-16)20-10-9-19-12-14(2)21-15(3)13-19/h5-8,14-15,18H,4,9-13H2,1-3H3/t14-,15+. The van der Waals surface area contributed by atoms with Gasteiger partial charge in [-0.2, -0.15) is 0 Å². The Morgan fingerprint density at radius 3 is 2.48 bits per heavy atom. The molecule has 4 heteroatoms. The Morgan fingerprint density at radius 1 is 1.19 bits per heavy atom. The van der Waals surface area contributed by atoms with Gasteiger partial charge < -0.3 is 14.8 Å². The van der Waals surface area contributed by atoms with Crippen LogP contribution >= 0.6 is 0 Å². The highest BCUT2D eigenvalue weighted by atomic mass is 16.5. The van der Waals surface area contributed by atoms with Gasteiger partial charge in [0.2, 0.25) is 0 Å². The summed E-state index contributed by atoms with van der Waals surface area (Å²) in [6.45, 7) is 12.0. The van der Waals surface area contributed by atoms with Crippen molar-refractivity contribution in [1.82, 2.24) is 10.2 Å². The van der Waals surface area contributed by atoms with Crippen molar-refractivity contribution in [2.24, 2.45) is 0 Å². The predicted molar refractivity (Wildman–Crippen MR) is 85.8 cm³/mol. The predicted octanol–water partition coefficient (Wildman–Crippen LogP) is 2.28. The molecule has 4 nitrogen and oxygen atoms in total. The molecular weight excluding hydrogens is 264 g/mol. The first-order valence-electron chi connectivity index (χ1n) is 7.97. The molecule has 1 N–H and O–H groups in total. The molecule has 1 heterocycles. The lowest BCUT2D eigenvalue weighted by Crippen LogP contribution is -2.46. The Hall–Kier alpha value is -1.10. The second-order valence-corrected chi connectivity index (χ2v) is 5.79. The van der Waals surface area contributed by atoms with Crippen molar-refractivity contribution in [3.8, 4) is 5.75 Å². The molecule has 1 saturated heterocycles. The summed E-state index contributed by atoms with van der Waals surface area (Å²) in [5.74, 6) is 0.949. The monoisotopic (exact) mass is 292 g/mol. The van der Waals surface area contributed by atoms with Crippen molar-refractivity contribution in [3.05, 3.63) is 29.8 Å². The van der Waals surface area contributed by atoms with E-state index in [1.54, 1.807) is 0 Å². The molecule has 1 aromatic carbocycles. The summed E-state index contributed by atoms with van der Waals surface area (Å²) in [4.78, 5) is 2.42. The Kier molecular flexibility index (Phi) is 6.49. The Morgan fingerprint density at radius 2 is 1.86 bits per heavy atom. The largest absolute Gasteiger partial charge is 0.492 e. The van der Waals surface area contributed by atoms with E-state index < -0.39 is 0 Å². The second-order valence-electron chi connectivity index (χ2n) is 5.79. The van der Waals surface area contributed by atoms with Crippen molar-refractivity contribution in [3.63, 3.8) is 0 Å². The fraction of sp³-hybridized carbons (Fsp3) is 0.647. The third-order valence-electron chi connectivity index (χ3n) is 3.67. The van der Waals surface area contributed by atoms with Crippen LogP contribution < -0.4 is 10.1 Å². The van der Waals surface area contributed by atoms with Crippen molar-refractivity contribution >= 4 is 0 Å². The average molecular weight is 292 g/mol. The average Bonchev–Trinajstić information content (AvgIpc) is 2.45. The Bertz CT molecular complexity index is 398. The highest BCUT2D eigenvalue weighted by molar-refractivity contribution is 5.27. The third kappa shape index (κ3) is 5.65. The molecular formula is C17H28N2O2. The maximum atomic E-state index is 5.84. The molecule has 0 unspecified atom stereocenters. The normalized spacial score (nSPS) is 23.2. The lowest BCUT2D eigenvalue weighted by molar-refractivity contribution is -0.0699. The van der Waals surface area contributed by atoms with E-state index >= 15 is 0 Å². The maximum absolute atomic E-state index is 5.84. The van der Waals surface area contributed by atoms with Crippen molar-refractivity contribution in [1.29, 1.82) is 0 Å². The molecule has 1 aliphatic heterocycles. The highest BCUT2D eigenvalue weighted by Crippen LogP contribution is 2.13. The zero-order valence-corrected chi connectivity index (χ0v) is 13.5. The summed E-state index contributed by atoms with van der Waals surface area (Å²) in [6, 6.07) is 8.35. The summed E-state index contributed by atoms with van der Waals surface area (Å²) in [6.07, 6.45) is 0.637. The van der Waals surface area contributed by atoms with Crippen LogP contribution in [0.5, 0.6) is 5.75 Å². The highest BCUT2D eigenvalue weighted by Gasteiger charge is 2.21. The number of morpholine rings is 1. The van der Waals surface area contributed by atoms with Gasteiger partial charge >= 0.3 is 0 Å². The molecule has 2 rings (SSSR count). The summed E-state index contributed by atoms with van der Waals surface area (Å²) in [7, 11) is 0. The van der Waals surface area contributed by atoms with E-state index in [-0.39, 0.29) is 0 Å². The van der Waals surface area contributed by atoms with Crippen LogP contribution in [0.4, 0.5) is 0 Å². The van der Waals surface area contributed by atoms with Crippen molar-refractivity contribution in [2.75, 3.05) is 32.8 Å². The molecule has 0 saturated carbocycles. The topological polar surface area (TPSA) is 33.7 Å². The molecule has 0 bridgehead atoms. The maximum Gasteiger partial charge on any atom is 0.119 e. The molecule has 1 aromatic rings. The SMILES string of the molecule is CCNCc1ccc(OCCN2C[C@@H](C)O[C@@H](C)C2)cc1. The van der Waals surface area contributed by atoms with Gasteiger partial charge in [0, 0.05) is 26.2 Å². The van der Waals surface area contributed by atoms with E-state index in [2.05, 4.69) is 55.3 Å². The van der Waals surface area contributed by atoms with Gasteiger partial charge in [-0.3, -0.25) is 4.90 Å². The van der Waals surface area contributed by atoms with Crippen LogP contribution in [-0.2, 0) is 11.3 Å². The van der Waals surface area contributed by atoms with Gasteiger partial charge in [0.05, 0.1) is 12.2 Å². The summed E-state index contributed by atoms with van der Waals surface area (Å²) < 4.78 is 11.6. The number of hydrogen-bond acceptors (Lipinski definition) is 4. The van der Waals surface area contributed by atoms with Crippen molar-refractivity contribution in [2.45, 2.75) is 39.5 Å². The number of hydrogen-bond donors (Lipinski definition) is 1. The lowest BCUT2D eigenvalue weighted by Gasteiger charge is -2.35. The fourth-order valence-electron chi connectivity index (χ4n) is 2.73. The number of nitrogens with one attached hydrogen (secondary N) is 1. The zero-order valence-electron chi connectivity index (χ0n) is 13.5. The van der Waals surface area contributed by atoms with Crippen LogP contribution in [0.3, 0.4) is 0 Å². The van der Waals surface area contributed by atoms with Gasteiger partial charge in [0.25, 0.3) is 0 Å². The number of benzene rings is 1. The van der Waals surface area contributed by atoms with Crippen LogP contribution in [-0.4, -0.2) is 49.9 Å².